The number of hydrogen-bond donors (Lipinski definition) is 3. The van der Waals surface area contributed by atoms with Gasteiger partial charge in [-0.25, -0.2) is 0 Å². The molecule has 0 fully saturated rings. The zero-order valence-corrected chi connectivity index (χ0v) is 18.1. The number of amides is 1. The molecule has 3 N–H and O–H groups in total. The van der Waals surface area contributed by atoms with Crippen molar-refractivity contribution < 1.29 is 17.5 Å². The van der Waals surface area contributed by atoms with Crippen LogP contribution in [0.2, 0.25) is 0 Å². The van der Waals surface area contributed by atoms with Crippen LogP contribution in [-0.2, 0) is 9.53 Å². The third-order valence-corrected chi connectivity index (χ3v) is 4.19. The number of aliphatic hydroxyl groups is 1. The van der Waals surface area contributed by atoms with Crippen LogP contribution >= 0.6 is 0 Å². The maximum Gasteiger partial charge on any atom is 0.220 e. The number of ether oxygens (including phenoxy) is 1. The Balaban J connectivity index is -0.000000695. The van der Waals surface area contributed by atoms with Crippen LogP contribution in [0.25, 0.3) is 0 Å². The first-order valence-corrected chi connectivity index (χ1v) is 10.9. The molecule has 2 atom stereocenters. The van der Waals surface area contributed by atoms with Crippen molar-refractivity contribution in [3.05, 3.63) is 0 Å². The van der Waals surface area contributed by atoms with Crippen molar-refractivity contribution in [2.75, 3.05) is 19.7 Å². The second-order valence-electron chi connectivity index (χ2n) is 6.59. The molecule has 0 rings (SSSR count). The lowest BCUT2D eigenvalue weighted by Crippen LogP contribution is -2.37. The number of aliphatic hydroxyl groups excluding tert-OH is 1. The molecule has 5 heteroatoms. The number of nitrogens with one attached hydrogen (secondary N) is 2. The fraction of sp³-hybridized carbons (Fsp3) is 0.952. The number of unbranched alkanes of at least 4 members (excludes halogenated alkanes) is 4. The molecule has 5 nitrogen and oxygen atoms in total. The second-order valence-corrected chi connectivity index (χ2v) is 6.59. The normalized spacial score (nSPS) is 12.8. The lowest BCUT2D eigenvalue weighted by atomic mass is 9.95. The van der Waals surface area contributed by atoms with Gasteiger partial charge in [0.25, 0.3) is 0 Å². The zero-order chi connectivity index (χ0) is 20.0. The maximum atomic E-state index is 11.3. The van der Waals surface area contributed by atoms with Crippen LogP contribution in [0.1, 0.15) is 102 Å². The molecular weight excluding hydrogens is 328 g/mol. The van der Waals surface area contributed by atoms with Crippen LogP contribution in [0, 0.1) is 5.92 Å². The summed E-state index contributed by atoms with van der Waals surface area (Å²) < 4.78 is 5.30. The Morgan fingerprint density at radius 2 is 1.65 bits per heavy atom. The van der Waals surface area contributed by atoms with E-state index in [0.29, 0.717) is 25.5 Å². The molecule has 0 aliphatic carbocycles. The number of rotatable bonds is 17. The Bertz CT molecular complexity index is 299. The van der Waals surface area contributed by atoms with Gasteiger partial charge in [0.1, 0.15) is 0 Å². The Hall–Kier alpha value is -0.650. The average molecular weight is 379 g/mol. The van der Waals surface area contributed by atoms with Gasteiger partial charge in [-0.2, -0.15) is 0 Å². The minimum absolute atomic E-state index is 0. The fourth-order valence-electron chi connectivity index (χ4n) is 2.70. The lowest BCUT2D eigenvalue weighted by molar-refractivity contribution is -0.128. The van der Waals surface area contributed by atoms with Crippen LogP contribution in [-0.4, -0.2) is 37.1 Å². The Morgan fingerprint density at radius 1 is 1.00 bits per heavy atom. The topological polar surface area (TPSA) is 70.6 Å². The van der Waals surface area contributed by atoms with Crippen molar-refractivity contribution in [2.24, 2.45) is 5.92 Å². The van der Waals surface area contributed by atoms with Crippen molar-refractivity contribution in [3.63, 3.8) is 0 Å². The molecule has 0 aliphatic rings. The molecule has 0 bridgehead atoms. The van der Waals surface area contributed by atoms with Crippen molar-refractivity contribution in [1.82, 2.24) is 10.6 Å². The minimum atomic E-state index is -0.951. The minimum Gasteiger partial charge on any atom is -0.356 e. The monoisotopic (exact) mass is 378 g/mol. The molecule has 1 amide bonds. The van der Waals surface area contributed by atoms with Crippen molar-refractivity contribution in [3.8, 4) is 0 Å². The summed E-state index contributed by atoms with van der Waals surface area (Å²) in [4.78, 5) is 11.3. The van der Waals surface area contributed by atoms with Gasteiger partial charge >= 0.3 is 0 Å². The third kappa shape index (κ3) is 19.7. The van der Waals surface area contributed by atoms with E-state index in [9.17, 15) is 9.90 Å². The molecule has 0 aromatic carbocycles. The summed E-state index contributed by atoms with van der Waals surface area (Å²) in [6, 6.07) is 0. The third-order valence-electron chi connectivity index (χ3n) is 4.19. The van der Waals surface area contributed by atoms with Gasteiger partial charge in [0.2, 0.25) is 12.3 Å². The van der Waals surface area contributed by atoms with E-state index in [4.69, 9.17) is 4.74 Å². The predicted octanol–water partition coefficient (Wildman–Crippen LogP) is 5.08. The van der Waals surface area contributed by atoms with E-state index < -0.39 is 6.41 Å². The fourth-order valence-corrected chi connectivity index (χ4v) is 2.70. The Morgan fingerprint density at radius 3 is 2.27 bits per heavy atom. The van der Waals surface area contributed by atoms with Crippen LogP contribution in [0.3, 0.4) is 0 Å². The van der Waals surface area contributed by atoms with Gasteiger partial charge in [-0.1, -0.05) is 73.1 Å². The summed E-state index contributed by atoms with van der Waals surface area (Å²) in [7, 11) is 0. The Labute approximate surface area is 165 Å². The molecule has 0 aliphatic heterocycles. The summed E-state index contributed by atoms with van der Waals surface area (Å²) in [5, 5.41) is 15.7. The maximum absolute atomic E-state index is 11.3. The van der Waals surface area contributed by atoms with E-state index in [1.54, 1.807) is 0 Å². The van der Waals surface area contributed by atoms with Gasteiger partial charge in [0.15, 0.2) is 0 Å². The smallest absolute Gasteiger partial charge is 0.220 e. The highest BCUT2D eigenvalue weighted by molar-refractivity contribution is 5.75. The zero-order valence-electron chi connectivity index (χ0n) is 18.1. The molecule has 2 unspecified atom stereocenters. The summed E-state index contributed by atoms with van der Waals surface area (Å²) in [6.45, 7) is 12.0. The SMILES string of the molecule is CC.CCCCCCC(CCCC)CNC(O)OCCNC(=O)CCC.[HH].[HH]. The van der Waals surface area contributed by atoms with Gasteiger partial charge in [-0.3, -0.25) is 10.1 Å². The van der Waals surface area contributed by atoms with Crippen LogP contribution in [0.4, 0.5) is 0 Å². The molecule has 162 valence electrons. The lowest BCUT2D eigenvalue weighted by Gasteiger charge is -2.20. The largest absolute Gasteiger partial charge is 0.356 e. The summed E-state index contributed by atoms with van der Waals surface area (Å²) in [5.74, 6) is 0.638. The standard InChI is InChI=1S/C19H40N2O3.C2H6.2H2/c1-4-7-9-10-13-17(12-8-5-2)16-21-19(23)24-15-14-20-18(22)11-6-3;1-2;;/h17,19,21,23H,4-16H2,1-3H3,(H,20,22);1-2H3;2*1H. The molecular formula is C21H50N2O3. The summed E-state index contributed by atoms with van der Waals surface area (Å²) >= 11 is 0. The van der Waals surface area contributed by atoms with E-state index in [1.807, 2.05) is 20.8 Å². The molecule has 0 heterocycles. The van der Waals surface area contributed by atoms with E-state index >= 15 is 0 Å². The number of carbonyl (C=O) groups is 1. The van der Waals surface area contributed by atoms with Crippen LogP contribution in [0.5, 0.6) is 0 Å². The van der Waals surface area contributed by atoms with Gasteiger partial charge in [-0.05, 0) is 25.2 Å². The van der Waals surface area contributed by atoms with E-state index in [2.05, 4.69) is 24.5 Å². The van der Waals surface area contributed by atoms with Crippen molar-refractivity contribution in [1.29, 1.82) is 0 Å². The first kappa shape index (κ1) is 27.6. The number of carbonyl (C=O) groups excluding carboxylic acids is 1. The molecule has 26 heavy (non-hydrogen) atoms. The van der Waals surface area contributed by atoms with E-state index in [1.165, 1.54) is 51.4 Å². The van der Waals surface area contributed by atoms with Gasteiger partial charge < -0.3 is 15.2 Å². The molecule has 0 saturated carbocycles. The predicted molar refractivity (Wildman–Crippen MR) is 115 cm³/mol. The molecule has 0 aromatic heterocycles. The Kier molecular flexibility index (Phi) is 23.7. The summed E-state index contributed by atoms with van der Waals surface area (Å²) in [6.07, 6.45) is 10.4. The van der Waals surface area contributed by atoms with Gasteiger partial charge in [0, 0.05) is 22.4 Å². The first-order chi connectivity index (χ1) is 12.6. The van der Waals surface area contributed by atoms with E-state index in [-0.39, 0.29) is 8.76 Å². The van der Waals surface area contributed by atoms with Crippen LogP contribution < -0.4 is 10.6 Å². The van der Waals surface area contributed by atoms with E-state index in [0.717, 1.165) is 13.0 Å². The van der Waals surface area contributed by atoms with Gasteiger partial charge in [-0.15, -0.1) is 0 Å². The first-order valence-electron chi connectivity index (χ1n) is 10.9. The highest BCUT2D eigenvalue weighted by Crippen LogP contribution is 2.16. The quantitative estimate of drug-likeness (QED) is 0.244. The molecule has 0 aromatic rings. The van der Waals surface area contributed by atoms with Crippen molar-refractivity contribution >= 4 is 5.91 Å². The average Bonchev–Trinajstić information content (AvgIpc) is 2.65. The van der Waals surface area contributed by atoms with Crippen LogP contribution in [0.15, 0.2) is 0 Å². The second kappa shape index (κ2) is 22.4. The number of hydrogen-bond acceptors (Lipinski definition) is 4. The molecule has 0 spiro atoms. The summed E-state index contributed by atoms with van der Waals surface area (Å²) in [5.41, 5.74) is 0. The molecule has 0 radical (unpaired) electrons. The van der Waals surface area contributed by atoms with Gasteiger partial charge in [0.05, 0.1) is 6.61 Å². The highest BCUT2D eigenvalue weighted by Gasteiger charge is 2.11. The molecule has 0 saturated heterocycles. The van der Waals surface area contributed by atoms with Crippen molar-refractivity contribution in [2.45, 2.75) is 105 Å². The highest BCUT2D eigenvalue weighted by atomic mass is 16.6.